The van der Waals surface area contributed by atoms with Gasteiger partial charge in [0.05, 0.1) is 7.11 Å². The number of rotatable bonds is 6. The Morgan fingerprint density at radius 3 is 2.05 bits per heavy atom. The Hall–Kier alpha value is -3.27. The predicted octanol–water partition coefficient (Wildman–Crippen LogP) is 10.0. The second kappa shape index (κ2) is 11.6. The Morgan fingerprint density at radius 1 is 0.737 bits per heavy atom. The highest BCUT2D eigenvalue weighted by Gasteiger charge is 2.28. The van der Waals surface area contributed by atoms with Crippen LogP contribution in [0.25, 0.3) is 27.8 Å². The maximum absolute atomic E-state index is 15.3. The molecule has 0 saturated heterocycles. The SMILES string of the molecule is CC=CC1CCC(C2CC=C(c3ccc(-c4ccc(-c5ccc(OC)c(F)c5F)cc4)cc3F)CC2)CC1. The lowest BCUT2D eigenvalue weighted by Crippen LogP contribution is -2.22. The van der Waals surface area contributed by atoms with Crippen LogP contribution in [0.15, 0.2) is 72.8 Å². The molecule has 0 spiro atoms. The molecule has 0 N–H and O–H groups in total. The Bertz CT molecular complexity index is 1330. The highest BCUT2D eigenvalue weighted by Crippen LogP contribution is 2.42. The largest absolute Gasteiger partial charge is 0.494 e. The van der Waals surface area contributed by atoms with Gasteiger partial charge in [0.1, 0.15) is 5.82 Å². The maximum atomic E-state index is 15.3. The summed E-state index contributed by atoms with van der Waals surface area (Å²) in [4.78, 5) is 0. The van der Waals surface area contributed by atoms with Gasteiger partial charge < -0.3 is 4.74 Å². The van der Waals surface area contributed by atoms with Gasteiger partial charge in [-0.3, -0.25) is 0 Å². The van der Waals surface area contributed by atoms with E-state index in [9.17, 15) is 8.78 Å². The van der Waals surface area contributed by atoms with Crippen LogP contribution in [-0.4, -0.2) is 7.11 Å². The summed E-state index contributed by atoms with van der Waals surface area (Å²) in [6, 6.07) is 15.4. The van der Waals surface area contributed by atoms with Crippen molar-refractivity contribution in [2.75, 3.05) is 7.11 Å². The monoisotopic (exact) mass is 516 g/mol. The van der Waals surface area contributed by atoms with E-state index in [-0.39, 0.29) is 17.1 Å². The molecule has 0 heterocycles. The van der Waals surface area contributed by atoms with Crippen molar-refractivity contribution in [3.63, 3.8) is 0 Å². The summed E-state index contributed by atoms with van der Waals surface area (Å²) in [5.41, 5.74) is 4.08. The van der Waals surface area contributed by atoms with Gasteiger partial charge in [-0.25, -0.2) is 8.78 Å². The average Bonchev–Trinajstić information content (AvgIpc) is 2.95. The molecule has 38 heavy (non-hydrogen) atoms. The third-order valence-electron chi connectivity index (χ3n) is 8.51. The van der Waals surface area contributed by atoms with Gasteiger partial charge in [-0.2, -0.15) is 4.39 Å². The number of hydrogen-bond donors (Lipinski definition) is 0. The molecule has 0 bridgehead atoms. The number of halogens is 3. The van der Waals surface area contributed by atoms with E-state index < -0.39 is 11.6 Å². The molecule has 1 nitrogen and oxygen atoms in total. The molecule has 2 aliphatic rings. The molecule has 3 aromatic carbocycles. The van der Waals surface area contributed by atoms with Gasteiger partial charge in [0, 0.05) is 11.1 Å². The molecule has 0 amide bonds. The van der Waals surface area contributed by atoms with E-state index >= 15 is 4.39 Å². The Kier molecular flexibility index (Phi) is 8.06. The molecule has 1 fully saturated rings. The lowest BCUT2D eigenvalue weighted by molar-refractivity contribution is 0.212. The molecule has 0 aromatic heterocycles. The molecule has 1 atom stereocenters. The van der Waals surface area contributed by atoms with Crippen LogP contribution in [0.3, 0.4) is 0 Å². The first-order chi connectivity index (χ1) is 18.5. The Labute approximate surface area is 224 Å². The fraction of sp³-hybridized carbons (Fsp3) is 0.353. The van der Waals surface area contributed by atoms with E-state index in [0.717, 1.165) is 53.7 Å². The summed E-state index contributed by atoms with van der Waals surface area (Å²) in [7, 11) is 1.30. The van der Waals surface area contributed by atoms with Gasteiger partial charge in [0.15, 0.2) is 11.6 Å². The van der Waals surface area contributed by atoms with Crippen LogP contribution in [-0.2, 0) is 0 Å². The van der Waals surface area contributed by atoms with Gasteiger partial charge in [-0.05, 0) is 110 Å². The minimum Gasteiger partial charge on any atom is -0.494 e. The van der Waals surface area contributed by atoms with Gasteiger partial charge in [-0.15, -0.1) is 0 Å². The highest BCUT2D eigenvalue weighted by atomic mass is 19.2. The van der Waals surface area contributed by atoms with Crippen LogP contribution in [0.4, 0.5) is 13.2 Å². The second-order valence-corrected chi connectivity index (χ2v) is 10.7. The quantitative estimate of drug-likeness (QED) is 0.296. The molecule has 198 valence electrons. The van der Waals surface area contributed by atoms with Crippen LogP contribution in [0.1, 0.15) is 57.4 Å². The van der Waals surface area contributed by atoms with Gasteiger partial charge in [0.25, 0.3) is 0 Å². The summed E-state index contributed by atoms with van der Waals surface area (Å²) < 4.78 is 48.7. The minimum atomic E-state index is -1.01. The highest BCUT2D eigenvalue weighted by molar-refractivity contribution is 5.74. The number of allylic oxidation sites excluding steroid dienone is 4. The van der Waals surface area contributed by atoms with Crippen molar-refractivity contribution in [2.45, 2.75) is 51.9 Å². The summed E-state index contributed by atoms with van der Waals surface area (Å²) in [6.07, 6.45) is 15.1. The number of benzene rings is 3. The van der Waals surface area contributed by atoms with Crippen LogP contribution in [0.2, 0.25) is 0 Å². The number of ether oxygens (including phenoxy) is 1. The third kappa shape index (κ3) is 5.45. The summed E-state index contributed by atoms with van der Waals surface area (Å²) in [5, 5.41) is 0. The molecule has 1 unspecified atom stereocenters. The average molecular weight is 517 g/mol. The van der Waals surface area contributed by atoms with Crippen molar-refractivity contribution >= 4 is 5.57 Å². The lowest BCUT2D eigenvalue weighted by Gasteiger charge is -2.35. The van der Waals surface area contributed by atoms with E-state index in [4.69, 9.17) is 4.74 Å². The van der Waals surface area contributed by atoms with Gasteiger partial charge in [0.2, 0.25) is 5.82 Å². The predicted molar refractivity (Wildman–Crippen MR) is 149 cm³/mol. The maximum Gasteiger partial charge on any atom is 0.201 e. The Balaban J connectivity index is 1.26. The molecule has 2 aliphatic carbocycles. The van der Waals surface area contributed by atoms with Gasteiger partial charge in [-0.1, -0.05) is 54.6 Å². The van der Waals surface area contributed by atoms with Crippen molar-refractivity contribution in [2.24, 2.45) is 17.8 Å². The summed E-state index contributed by atoms with van der Waals surface area (Å²) in [6.45, 7) is 2.11. The van der Waals surface area contributed by atoms with Gasteiger partial charge >= 0.3 is 0 Å². The first-order valence-corrected chi connectivity index (χ1v) is 13.7. The molecule has 0 radical (unpaired) electrons. The van der Waals surface area contributed by atoms with Crippen molar-refractivity contribution in [3.8, 4) is 28.0 Å². The normalized spacial score (nSPS) is 21.9. The smallest absolute Gasteiger partial charge is 0.201 e. The third-order valence-corrected chi connectivity index (χ3v) is 8.51. The molecule has 1 saturated carbocycles. The molecule has 4 heteroatoms. The zero-order valence-electron chi connectivity index (χ0n) is 22.2. The van der Waals surface area contributed by atoms with Crippen molar-refractivity contribution in [1.82, 2.24) is 0 Å². The van der Waals surface area contributed by atoms with E-state index in [1.165, 1.54) is 44.9 Å². The topological polar surface area (TPSA) is 9.23 Å². The second-order valence-electron chi connectivity index (χ2n) is 10.7. The Morgan fingerprint density at radius 2 is 1.42 bits per heavy atom. The van der Waals surface area contributed by atoms with Crippen molar-refractivity contribution in [3.05, 3.63) is 95.8 Å². The fourth-order valence-corrected chi connectivity index (χ4v) is 6.32. The van der Waals surface area contributed by atoms with Crippen LogP contribution < -0.4 is 4.74 Å². The first-order valence-electron chi connectivity index (χ1n) is 13.7. The minimum absolute atomic E-state index is 0.130. The zero-order chi connectivity index (χ0) is 26.6. The van der Waals surface area contributed by atoms with Crippen LogP contribution in [0, 0.1) is 35.2 Å². The molecule has 0 aliphatic heterocycles. The summed E-state index contributed by atoms with van der Waals surface area (Å²) >= 11 is 0. The zero-order valence-corrected chi connectivity index (χ0v) is 22.2. The van der Waals surface area contributed by atoms with Crippen molar-refractivity contribution in [1.29, 1.82) is 0 Å². The van der Waals surface area contributed by atoms with E-state index in [2.05, 4.69) is 25.2 Å². The van der Waals surface area contributed by atoms with Crippen molar-refractivity contribution < 1.29 is 17.9 Å². The fourth-order valence-electron chi connectivity index (χ4n) is 6.32. The molecule has 3 aromatic rings. The van der Waals surface area contributed by atoms with E-state index in [1.54, 1.807) is 30.3 Å². The van der Waals surface area contributed by atoms with Crippen LogP contribution >= 0.6 is 0 Å². The lowest BCUT2D eigenvalue weighted by atomic mass is 9.71. The van der Waals surface area contributed by atoms with E-state index in [1.807, 2.05) is 12.1 Å². The van der Waals surface area contributed by atoms with E-state index in [0.29, 0.717) is 11.1 Å². The number of methoxy groups -OCH3 is 1. The summed E-state index contributed by atoms with van der Waals surface area (Å²) in [5.74, 6) is -0.0340. The number of hydrogen-bond acceptors (Lipinski definition) is 1. The first kappa shape index (κ1) is 26.3. The molecular formula is C34H35F3O. The molecular weight excluding hydrogens is 481 g/mol. The molecule has 5 rings (SSSR count). The van der Waals surface area contributed by atoms with Crippen LogP contribution in [0.5, 0.6) is 5.75 Å². The standard InChI is InChI=1S/C34H35F3O/c1-3-4-22-5-7-23(8-6-22)24-9-13-26(14-10-24)29-18-17-28(21-31(29)35)25-11-15-27(16-12-25)30-19-20-32(38-2)34(37)33(30)36/h3-4,11-13,15-24H,5-10,14H2,1-2H3.